The number of imide groups is 1. The van der Waals surface area contributed by atoms with Crippen LogP contribution in [-0.4, -0.2) is 44.6 Å². The van der Waals surface area contributed by atoms with Gasteiger partial charge in [0.15, 0.2) is 0 Å². The second-order valence-corrected chi connectivity index (χ2v) is 13.7. The molecule has 2 bridgehead atoms. The van der Waals surface area contributed by atoms with E-state index in [1.165, 1.54) is 16.2 Å². The number of amides is 2. The van der Waals surface area contributed by atoms with Crippen molar-refractivity contribution in [3.05, 3.63) is 74.7 Å². The summed E-state index contributed by atoms with van der Waals surface area (Å²) < 4.78 is 0. The predicted molar refractivity (Wildman–Crippen MR) is 153 cm³/mol. The number of aliphatic carboxylic acids is 1. The Kier molecular flexibility index (Phi) is 6.46. The van der Waals surface area contributed by atoms with Gasteiger partial charge in [-0.3, -0.25) is 24.1 Å². The molecule has 0 radical (unpaired) electrons. The Hall–Kier alpha value is -3.17. The largest absolute Gasteiger partial charge is 0.481 e. The Labute approximate surface area is 240 Å². The fourth-order valence-corrected chi connectivity index (χ4v) is 10.8. The van der Waals surface area contributed by atoms with Gasteiger partial charge in [-0.2, -0.15) is 0 Å². The van der Waals surface area contributed by atoms with Crippen LogP contribution in [0.25, 0.3) is 11.1 Å². The molecule has 3 heterocycles. The molecule has 2 aliphatic carbocycles. The number of carbonyl (C=O) groups is 3. The second kappa shape index (κ2) is 10.0. The summed E-state index contributed by atoms with van der Waals surface area (Å²) in [5, 5.41) is 9.98. The third kappa shape index (κ3) is 4.08. The quantitative estimate of drug-likeness (QED) is 0.282. The second-order valence-electron chi connectivity index (χ2n) is 11.5. The van der Waals surface area contributed by atoms with Gasteiger partial charge in [-0.05, 0) is 53.7 Å². The van der Waals surface area contributed by atoms with Gasteiger partial charge in [0.2, 0.25) is 11.8 Å². The minimum atomic E-state index is -0.821. The first kappa shape index (κ1) is 25.8. The number of hydrogen-bond acceptors (Lipinski definition) is 6. The Morgan fingerprint density at radius 3 is 2.33 bits per heavy atom. The van der Waals surface area contributed by atoms with Crippen molar-refractivity contribution < 1.29 is 19.5 Å². The van der Waals surface area contributed by atoms with Gasteiger partial charge >= 0.3 is 10.8 Å². The molecule has 0 spiro atoms. The Bertz CT molecular complexity index is 1530. The molecule has 2 aromatic carbocycles. The van der Waals surface area contributed by atoms with E-state index in [1.807, 2.05) is 18.2 Å². The number of fused-ring (bicyclic) bond motifs is 9. The number of hydrogen-bond donors (Lipinski definition) is 2. The summed E-state index contributed by atoms with van der Waals surface area (Å²) in [4.78, 5) is 56.1. The SMILES string of the molecule is O=C(O)CCCCCN1C(=O)C2C3CC(C2C1=O)C1C(c2ccc(-c4ccccc4)cc2)c2sc(=O)[nH]c2SC31. The van der Waals surface area contributed by atoms with Crippen LogP contribution in [0.5, 0.6) is 0 Å². The van der Waals surface area contributed by atoms with E-state index >= 15 is 0 Å². The van der Waals surface area contributed by atoms with Gasteiger partial charge in [0.05, 0.1) is 16.9 Å². The number of nitrogens with zero attached hydrogens (tertiary/aromatic N) is 1. The molecule has 2 N–H and O–H groups in total. The Morgan fingerprint density at radius 1 is 0.900 bits per heavy atom. The van der Waals surface area contributed by atoms with Crippen molar-refractivity contribution in [1.29, 1.82) is 0 Å². The monoisotopic (exact) mass is 574 g/mol. The fraction of sp³-hybridized carbons (Fsp3) is 0.419. The number of rotatable bonds is 8. The molecule has 40 heavy (non-hydrogen) atoms. The highest BCUT2D eigenvalue weighted by molar-refractivity contribution is 8.00. The maximum Gasteiger partial charge on any atom is 0.305 e. The number of nitrogens with one attached hydrogen (secondary N) is 1. The summed E-state index contributed by atoms with van der Waals surface area (Å²) in [5.41, 5.74) is 3.44. The molecular formula is C31H30N2O5S2. The first-order valence-electron chi connectivity index (χ1n) is 14.0. The summed E-state index contributed by atoms with van der Waals surface area (Å²) in [6, 6.07) is 18.9. The molecule has 7 rings (SSSR count). The number of likely N-dealkylation sites (tertiary alicyclic amines) is 1. The average Bonchev–Trinajstić information content (AvgIpc) is 3.69. The molecule has 2 aliphatic heterocycles. The molecule has 1 aromatic heterocycles. The summed E-state index contributed by atoms with van der Waals surface area (Å²) in [5.74, 6) is -1.07. The molecule has 206 valence electrons. The van der Waals surface area contributed by atoms with Gasteiger partial charge in [-0.1, -0.05) is 72.4 Å². The number of carboxylic acid groups (broad SMARTS) is 1. The van der Waals surface area contributed by atoms with Gasteiger partial charge in [-0.15, -0.1) is 11.8 Å². The van der Waals surface area contributed by atoms with Crippen LogP contribution in [0.2, 0.25) is 0 Å². The molecule has 7 nitrogen and oxygen atoms in total. The van der Waals surface area contributed by atoms with Crippen LogP contribution in [0.15, 0.2) is 64.4 Å². The lowest BCUT2D eigenvalue weighted by Crippen LogP contribution is -2.42. The maximum atomic E-state index is 13.7. The Morgan fingerprint density at radius 2 is 1.60 bits per heavy atom. The molecule has 3 fully saturated rings. The Balaban J connectivity index is 1.18. The number of carboxylic acids is 1. The molecule has 2 saturated carbocycles. The third-order valence-corrected chi connectivity index (χ3v) is 12.1. The topological polar surface area (TPSA) is 108 Å². The predicted octanol–water partition coefficient (Wildman–Crippen LogP) is 5.22. The van der Waals surface area contributed by atoms with Crippen molar-refractivity contribution in [3.8, 4) is 11.1 Å². The first-order chi connectivity index (χ1) is 19.4. The molecule has 1 saturated heterocycles. The average molecular weight is 575 g/mol. The number of H-pyrrole nitrogens is 1. The lowest BCUT2D eigenvalue weighted by atomic mass is 9.68. The van der Waals surface area contributed by atoms with Crippen molar-refractivity contribution in [2.24, 2.45) is 29.6 Å². The number of carbonyl (C=O) groups excluding carboxylic acids is 2. The zero-order chi connectivity index (χ0) is 27.5. The van der Waals surface area contributed by atoms with Crippen LogP contribution in [-0.2, 0) is 14.4 Å². The standard InChI is InChI=1S/C31H30N2O5S2/c34-21(35)9-5-2-6-14-33-29(36)24-19-15-20(25(24)30(33)37)26-23(19)22(27-28(39-26)32-31(38)40-27)18-12-10-17(11-13-18)16-7-3-1-4-8-16/h1,3-4,7-8,10-13,19-20,22-26H,2,5-6,9,14-15H2,(H,32,38)(H,34,35). The zero-order valence-electron chi connectivity index (χ0n) is 21.8. The van der Waals surface area contributed by atoms with Crippen LogP contribution < -0.4 is 4.87 Å². The smallest absolute Gasteiger partial charge is 0.305 e. The minimum Gasteiger partial charge on any atom is -0.481 e. The van der Waals surface area contributed by atoms with Crippen LogP contribution in [0.3, 0.4) is 0 Å². The van der Waals surface area contributed by atoms with Crippen LogP contribution in [0.4, 0.5) is 0 Å². The van der Waals surface area contributed by atoms with Crippen molar-refractivity contribution in [2.45, 2.75) is 48.3 Å². The molecule has 9 heteroatoms. The highest BCUT2D eigenvalue weighted by atomic mass is 32.2. The van der Waals surface area contributed by atoms with Crippen molar-refractivity contribution in [2.75, 3.05) is 6.54 Å². The van der Waals surface area contributed by atoms with E-state index in [-0.39, 0.29) is 63.9 Å². The number of aromatic nitrogens is 1. The van der Waals surface area contributed by atoms with E-state index in [9.17, 15) is 19.2 Å². The van der Waals surface area contributed by atoms with E-state index in [0.29, 0.717) is 25.8 Å². The molecular weight excluding hydrogens is 544 g/mol. The third-order valence-electron chi connectivity index (χ3n) is 9.46. The fourth-order valence-electron chi connectivity index (χ4n) is 7.91. The molecule has 3 aromatic rings. The van der Waals surface area contributed by atoms with Gasteiger partial charge in [0.1, 0.15) is 0 Å². The molecule has 2 amide bonds. The normalized spacial score (nSPS) is 29.9. The van der Waals surface area contributed by atoms with Crippen molar-refractivity contribution >= 4 is 40.9 Å². The number of unbranched alkanes of at least 4 members (excludes halogenated alkanes) is 2. The summed E-state index contributed by atoms with van der Waals surface area (Å²) in [6.07, 6.45) is 2.85. The van der Waals surface area contributed by atoms with E-state index in [4.69, 9.17) is 5.11 Å². The summed E-state index contributed by atoms with van der Waals surface area (Å²) in [7, 11) is 0. The first-order valence-corrected chi connectivity index (χ1v) is 15.7. The summed E-state index contributed by atoms with van der Waals surface area (Å²) in [6.45, 7) is 0.372. The van der Waals surface area contributed by atoms with E-state index in [1.54, 1.807) is 11.8 Å². The lowest BCUT2D eigenvalue weighted by molar-refractivity contribution is -0.141. The minimum absolute atomic E-state index is 0.0129. The molecule has 7 atom stereocenters. The number of aromatic amines is 1. The molecule has 4 aliphatic rings. The highest BCUT2D eigenvalue weighted by Gasteiger charge is 2.69. The van der Waals surface area contributed by atoms with E-state index < -0.39 is 5.97 Å². The number of thioether (sulfide) groups is 1. The van der Waals surface area contributed by atoms with Crippen LogP contribution in [0, 0.1) is 29.6 Å². The lowest BCUT2D eigenvalue weighted by Gasteiger charge is -2.43. The zero-order valence-corrected chi connectivity index (χ0v) is 23.5. The van der Waals surface area contributed by atoms with E-state index in [0.717, 1.165) is 33.0 Å². The van der Waals surface area contributed by atoms with Gasteiger partial charge in [0, 0.05) is 29.0 Å². The van der Waals surface area contributed by atoms with Crippen LogP contribution in [0.1, 0.15) is 48.5 Å². The van der Waals surface area contributed by atoms with Gasteiger partial charge in [0.25, 0.3) is 0 Å². The maximum absolute atomic E-state index is 13.7. The van der Waals surface area contributed by atoms with E-state index in [2.05, 4.69) is 41.4 Å². The van der Waals surface area contributed by atoms with Crippen molar-refractivity contribution in [3.63, 3.8) is 0 Å². The van der Waals surface area contributed by atoms with Crippen molar-refractivity contribution in [1.82, 2.24) is 9.88 Å². The number of thiazole rings is 1. The molecule has 7 unspecified atom stereocenters. The highest BCUT2D eigenvalue weighted by Crippen LogP contribution is 2.68. The van der Waals surface area contributed by atoms with Gasteiger partial charge < -0.3 is 10.1 Å². The number of benzene rings is 2. The van der Waals surface area contributed by atoms with Crippen LogP contribution >= 0.6 is 23.1 Å². The van der Waals surface area contributed by atoms with Gasteiger partial charge in [-0.25, -0.2) is 0 Å². The summed E-state index contributed by atoms with van der Waals surface area (Å²) >= 11 is 2.99.